The SMILES string of the molecule is O=C(NCc1ccncc1)C(=O)NN=Cc1ccc2ccccc2c1. The molecule has 0 aliphatic rings. The van der Waals surface area contributed by atoms with Crippen LogP contribution in [0.25, 0.3) is 10.8 Å². The van der Waals surface area contributed by atoms with E-state index in [4.69, 9.17) is 0 Å². The third-order valence-corrected chi connectivity index (χ3v) is 3.56. The summed E-state index contributed by atoms with van der Waals surface area (Å²) in [6, 6.07) is 17.3. The third-order valence-electron chi connectivity index (χ3n) is 3.56. The predicted molar refractivity (Wildman–Crippen MR) is 95.8 cm³/mol. The smallest absolute Gasteiger partial charge is 0.329 e. The highest BCUT2D eigenvalue weighted by molar-refractivity contribution is 6.35. The molecule has 25 heavy (non-hydrogen) atoms. The quantitative estimate of drug-likeness (QED) is 0.435. The largest absolute Gasteiger partial charge is 0.344 e. The number of hydrazone groups is 1. The van der Waals surface area contributed by atoms with E-state index >= 15 is 0 Å². The Morgan fingerprint density at radius 3 is 2.52 bits per heavy atom. The fraction of sp³-hybridized carbons (Fsp3) is 0.0526. The van der Waals surface area contributed by atoms with E-state index in [0.29, 0.717) is 0 Å². The zero-order valence-corrected chi connectivity index (χ0v) is 13.3. The van der Waals surface area contributed by atoms with Gasteiger partial charge in [-0.1, -0.05) is 36.4 Å². The maximum atomic E-state index is 11.7. The molecule has 6 nitrogen and oxygen atoms in total. The van der Waals surface area contributed by atoms with Gasteiger partial charge in [0.2, 0.25) is 0 Å². The molecule has 0 bridgehead atoms. The van der Waals surface area contributed by atoms with Crippen molar-refractivity contribution in [1.29, 1.82) is 0 Å². The molecule has 2 N–H and O–H groups in total. The van der Waals surface area contributed by atoms with Crippen LogP contribution in [-0.2, 0) is 16.1 Å². The molecule has 6 heteroatoms. The van der Waals surface area contributed by atoms with Crippen LogP contribution in [0, 0.1) is 0 Å². The monoisotopic (exact) mass is 332 g/mol. The Kier molecular flexibility index (Phi) is 5.11. The van der Waals surface area contributed by atoms with Crippen LogP contribution in [0.3, 0.4) is 0 Å². The normalized spacial score (nSPS) is 10.7. The van der Waals surface area contributed by atoms with E-state index in [1.165, 1.54) is 6.21 Å². The first kappa shape index (κ1) is 16.3. The van der Waals surface area contributed by atoms with Crippen LogP contribution in [0.15, 0.2) is 72.1 Å². The van der Waals surface area contributed by atoms with Crippen LogP contribution < -0.4 is 10.7 Å². The van der Waals surface area contributed by atoms with Crippen molar-refractivity contribution in [3.8, 4) is 0 Å². The van der Waals surface area contributed by atoms with Gasteiger partial charge in [-0.3, -0.25) is 14.6 Å². The molecule has 0 atom stereocenters. The van der Waals surface area contributed by atoms with Gasteiger partial charge in [0.05, 0.1) is 6.21 Å². The number of carbonyl (C=O) groups is 2. The van der Waals surface area contributed by atoms with E-state index in [-0.39, 0.29) is 6.54 Å². The Morgan fingerprint density at radius 1 is 0.960 bits per heavy atom. The van der Waals surface area contributed by atoms with Crippen molar-refractivity contribution >= 4 is 28.8 Å². The number of nitrogens with zero attached hydrogens (tertiary/aromatic N) is 2. The summed E-state index contributed by atoms with van der Waals surface area (Å²) >= 11 is 0. The third kappa shape index (κ3) is 4.48. The average Bonchev–Trinajstić information content (AvgIpc) is 2.66. The van der Waals surface area contributed by atoms with Gasteiger partial charge in [0.25, 0.3) is 0 Å². The molecular formula is C19H16N4O2. The Balaban J connectivity index is 1.53. The molecule has 0 saturated heterocycles. The number of aromatic nitrogens is 1. The molecule has 0 saturated carbocycles. The number of hydrogen-bond acceptors (Lipinski definition) is 4. The number of rotatable bonds is 4. The van der Waals surface area contributed by atoms with Gasteiger partial charge in [-0.2, -0.15) is 5.10 Å². The summed E-state index contributed by atoms with van der Waals surface area (Å²) in [6.45, 7) is 0.253. The number of carbonyl (C=O) groups excluding carboxylic acids is 2. The van der Waals surface area contributed by atoms with Gasteiger partial charge in [0, 0.05) is 18.9 Å². The van der Waals surface area contributed by atoms with Gasteiger partial charge >= 0.3 is 11.8 Å². The lowest BCUT2D eigenvalue weighted by Gasteiger charge is -2.03. The van der Waals surface area contributed by atoms with Crippen LogP contribution >= 0.6 is 0 Å². The molecule has 0 aliphatic heterocycles. The fourth-order valence-corrected chi connectivity index (χ4v) is 2.27. The highest BCUT2D eigenvalue weighted by Crippen LogP contribution is 2.14. The van der Waals surface area contributed by atoms with E-state index in [1.807, 2.05) is 42.5 Å². The minimum Gasteiger partial charge on any atom is -0.344 e. The lowest BCUT2D eigenvalue weighted by atomic mass is 10.1. The summed E-state index contributed by atoms with van der Waals surface area (Å²) in [6.07, 6.45) is 4.74. The lowest BCUT2D eigenvalue weighted by molar-refractivity contribution is -0.139. The van der Waals surface area contributed by atoms with E-state index in [1.54, 1.807) is 24.5 Å². The highest BCUT2D eigenvalue weighted by atomic mass is 16.2. The Labute approximate surface area is 144 Å². The topological polar surface area (TPSA) is 83.5 Å². The molecule has 0 spiro atoms. The number of amides is 2. The molecule has 124 valence electrons. The molecule has 0 aliphatic carbocycles. The standard InChI is InChI=1S/C19H16N4O2/c24-18(21-12-14-7-9-20-10-8-14)19(25)23-22-13-15-5-6-16-3-1-2-4-17(16)11-15/h1-11,13H,12H2,(H,21,24)(H,23,25). The lowest BCUT2D eigenvalue weighted by Crippen LogP contribution is -2.37. The van der Waals surface area contributed by atoms with E-state index in [0.717, 1.165) is 21.9 Å². The van der Waals surface area contributed by atoms with E-state index in [9.17, 15) is 9.59 Å². The maximum Gasteiger partial charge on any atom is 0.329 e. The number of hydrogen-bond donors (Lipinski definition) is 2. The van der Waals surface area contributed by atoms with Crippen LogP contribution in [0.2, 0.25) is 0 Å². The average molecular weight is 332 g/mol. The molecule has 2 amide bonds. The van der Waals surface area contributed by atoms with Gasteiger partial charge in [0.1, 0.15) is 0 Å². The van der Waals surface area contributed by atoms with Crippen LogP contribution in [0.1, 0.15) is 11.1 Å². The maximum absolute atomic E-state index is 11.7. The van der Waals surface area contributed by atoms with Gasteiger partial charge in [-0.15, -0.1) is 0 Å². The van der Waals surface area contributed by atoms with Crippen molar-refractivity contribution < 1.29 is 9.59 Å². The van der Waals surface area contributed by atoms with Gasteiger partial charge in [-0.25, -0.2) is 5.43 Å². The van der Waals surface area contributed by atoms with Crippen molar-refractivity contribution in [2.24, 2.45) is 5.10 Å². The second-order valence-corrected chi connectivity index (χ2v) is 5.34. The van der Waals surface area contributed by atoms with Crippen LogP contribution in [0.4, 0.5) is 0 Å². The van der Waals surface area contributed by atoms with Crippen molar-refractivity contribution in [3.05, 3.63) is 78.1 Å². The van der Waals surface area contributed by atoms with Crippen LogP contribution in [0.5, 0.6) is 0 Å². The second kappa shape index (κ2) is 7.83. The number of nitrogens with one attached hydrogen (secondary N) is 2. The minimum atomic E-state index is -0.814. The Morgan fingerprint density at radius 2 is 1.72 bits per heavy atom. The molecule has 0 radical (unpaired) electrons. The number of pyridine rings is 1. The van der Waals surface area contributed by atoms with Gasteiger partial charge < -0.3 is 5.32 Å². The molecule has 0 fully saturated rings. The first-order valence-corrected chi connectivity index (χ1v) is 7.71. The Bertz CT molecular complexity index is 923. The van der Waals surface area contributed by atoms with Gasteiger partial charge in [-0.05, 0) is 40.1 Å². The Hall–Kier alpha value is -3.54. The summed E-state index contributed by atoms with van der Waals surface area (Å²) in [4.78, 5) is 27.3. The number of fused-ring (bicyclic) bond motifs is 1. The summed E-state index contributed by atoms with van der Waals surface area (Å²) in [5.74, 6) is -1.56. The van der Waals surface area contributed by atoms with Crippen molar-refractivity contribution in [3.63, 3.8) is 0 Å². The van der Waals surface area contributed by atoms with Crippen molar-refractivity contribution in [2.45, 2.75) is 6.54 Å². The molecule has 2 aromatic carbocycles. The number of benzene rings is 2. The van der Waals surface area contributed by atoms with Crippen molar-refractivity contribution in [1.82, 2.24) is 15.7 Å². The second-order valence-electron chi connectivity index (χ2n) is 5.34. The fourth-order valence-electron chi connectivity index (χ4n) is 2.27. The molecule has 1 heterocycles. The van der Waals surface area contributed by atoms with Crippen molar-refractivity contribution in [2.75, 3.05) is 0 Å². The molecule has 3 aromatic rings. The van der Waals surface area contributed by atoms with Crippen LogP contribution in [-0.4, -0.2) is 23.0 Å². The summed E-state index contributed by atoms with van der Waals surface area (Å²) in [5.41, 5.74) is 3.91. The first-order chi connectivity index (χ1) is 12.2. The zero-order valence-electron chi connectivity index (χ0n) is 13.3. The highest BCUT2D eigenvalue weighted by Gasteiger charge is 2.11. The van der Waals surface area contributed by atoms with Gasteiger partial charge in [0.15, 0.2) is 0 Å². The summed E-state index contributed by atoms with van der Waals surface area (Å²) in [5, 5.41) is 8.55. The minimum absolute atomic E-state index is 0.253. The predicted octanol–water partition coefficient (Wildman–Crippen LogP) is 2.00. The zero-order chi connectivity index (χ0) is 17.5. The molecular weight excluding hydrogens is 316 g/mol. The molecule has 1 aromatic heterocycles. The van der Waals surface area contributed by atoms with E-state index in [2.05, 4.69) is 20.8 Å². The summed E-state index contributed by atoms with van der Waals surface area (Å²) in [7, 11) is 0. The molecule has 3 rings (SSSR count). The van der Waals surface area contributed by atoms with E-state index < -0.39 is 11.8 Å². The first-order valence-electron chi connectivity index (χ1n) is 7.71. The molecule has 0 unspecified atom stereocenters. The summed E-state index contributed by atoms with van der Waals surface area (Å²) < 4.78 is 0.